The summed E-state index contributed by atoms with van der Waals surface area (Å²) < 4.78 is 17.4. The van der Waals surface area contributed by atoms with Gasteiger partial charge in [0.15, 0.2) is 0 Å². The summed E-state index contributed by atoms with van der Waals surface area (Å²) in [5.41, 5.74) is 0. The Labute approximate surface area is 111 Å². The van der Waals surface area contributed by atoms with Gasteiger partial charge < -0.3 is 16.4 Å². The Morgan fingerprint density at radius 2 is 1.53 bits per heavy atom. The van der Waals surface area contributed by atoms with E-state index in [0.29, 0.717) is 12.8 Å². The van der Waals surface area contributed by atoms with E-state index in [-0.39, 0.29) is 18.5 Å². The third-order valence-electron chi connectivity index (χ3n) is 1.31. The molecule has 0 aromatic rings. The van der Waals surface area contributed by atoms with Crippen LogP contribution in [-0.2, 0) is 38.6 Å². The molecule has 5 nitrogen and oxygen atoms in total. The zero-order valence-electron chi connectivity index (χ0n) is 10.5. The first-order valence-electron chi connectivity index (χ1n) is 5.12. The van der Waals surface area contributed by atoms with Crippen LogP contribution in [0.2, 0.25) is 0 Å². The van der Waals surface area contributed by atoms with Crippen molar-refractivity contribution in [3.63, 3.8) is 0 Å². The quantitative estimate of drug-likeness (QED) is 0.571. The second kappa shape index (κ2) is 17.6. The fourth-order valence-corrected chi connectivity index (χ4v) is 0.591. The molecule has 0 N–H and O–H groups in total. The molecule has 0 radical (unpaired) electrons. The number of hydrogen-bond donors (Lipinski definition) is 0. The van der Waals surface area contributed by atoms with Gasteiger partial charge in [-0.15, -0.1) is 0 Å². The van der Waals surface area contributed by atoms with Crippen molar-refractivity contribution < 1.29 is 38.6 Å². The molecule has 1 unspecified atom stereocenters. The van der Waals surface area contributed by atoms with Crippen molar-refractivity contribution in [2.24, 2.45) is 0 Å². The zero-order chi connectivity index (χ0) is 14.3. The molecule has 0 bridgehead atoms. The molecular weight excluding hydrogens is 271 g/mol. The number of rotatable bonds is 5. The van der Waals surface area contributed by atoms with Crippen molar-refractivity contribution in [1.82, 2.24) is 0 Å². The summed E-state index contributed by atoms with van der Waals surface area (Å²) in [4.78, 5) is 21.4. The minimum absolute atomic E-state index is 0.0262. The van der Waals surface area contributed by atoms with E-state index < -0.39 is 6.10 Å². The van der Waals surface area contributed by atoms with Gasteiger partial charge in [0.1, 0.15) is 0 Å². The second-order valence-corrected chi connectivity index (χ2v) is 2.50. The van der Waals surface area contributed by atoms with Crippen LogP contribution in [0.5, 0.6) is 0 Å². The average molecular weight is 291 g/mol. The zero-order valence-corrected chi connectivity index (χ0v) is 11.5. The van der Waals surface area contributed by atoms with Gasteiger partial charge in [0.05, 0.1) is 6.61 Å². The van der Waals surface area contributed by atoms with Gasteiger partial charge in [0.2, 0.25) is 0 Å². The first-order chi connectivity index (χ1) is 8.10. The molecule has 0 aromatic carbocycles. The number of carbonyl (C=O) groups is 2. The Morgan fingerprint density at radius 3 is 1.88 bits per heavy atom. The molecular formula is C11H20CoO5-2. The van der Waals surface area contributed by atoms with Crippen molar-refractivity contribution >= 4 is 11.9 Å². The van der Waals surface area contributed by atoms with Crippen LogP contribution in [-0.4, -0.2) is 24.6 Å². The van der Waals surface area contributed by atoms with Crippen LogP contribution >= 0.6 is 0 Å². The molecule has 0 spiro atoms. The summed E-state index contributed by atoms with van der Waals surface area (Å²) >= 11 is 2.31. The summed E-state index contributed by atoms with van der Waals surface area (Å²) in [7, 11) is 0. The molecule has 0 fully saturated rings. The average Bonchev–Trinajstić information content (AvgIpc) is 2.40. The van der Waals surface area contributed by atoms with Gasteiger partial charge in [-0.3, -0.25) is 16.5 Å². The van der Waals surface area contributed by atoms with Crippen LogP contribution in [0, 0.1) is 13.8 Å². The van der Waals surface area contributed by atoms with Crippen LogP contribution in [0.15, 0.2) is 0 Å². The Kier molecular flexibility index (Phi) is 22.3. The first kappa shape index (κ1) is 21.5. The number of ether oxygens (including phenoxy) is 2. The van der Waals surface area contributed by atoms with Crippen LogP contribution in [0.1, 0.15) is 33.6 Å². The molecule has 105 valence electrons. The SMILES string of the molecule is [CH2-]C.[CH2-]C(COC(=O)CC)OC(=O)CC.[O]=[Co]. The van der Waals surface area contributed by atoms with Crippen molar-refractivity contribution in [3.8, 4) is 0 Å². The summed E-state index contributed by atoms with van der Waals surface area (Å²) in [6, 6.07) is 0. The summed E-state index contributed by atoms with van der Waals surface area (Å²) in [5.74, 6) is -0.659. The molecule has 0 rings (SSSR count). The molecule has 0 aliphatic heterocycles. The molecule has 1 atom stereocenters. The Balaban J connectivity index is -0.000000439. The second-order valence-electron chi connectivity index (χ2n) is 2.50. The van der Waals surface area contributed by atoms with Gasteiger partial charge >= 0.3 is 31.5 Å². The fraction of sp³-hybridized carbons (Fsp3) is 0.636. The van der Waals surface area contributed by atoms with Gasteiger partial charge in [-0.2, -0.15) is 6.92 Å². The van der Waals surface area contributed by atoms with Crippen LogP contribution < -0.4 is 0 Å². The van der Waals surface area contributed by atoms with Gasteiger partial charge in [0, 0.05) is 18.9 Å². The Hall–Kier alpha value is -0.754. The van der Waals surface area contributed by atoms with E-state index in [9.17, 15) is 9.59 Å². The van der Waals surface area contributed by atoms with Crippen molar-refractivity contribution in [2.45, 2.75) is 39.7 Å². The molecule has 0 saturated heterocycles. The van der Waals surface area contributed by atoms with E-state index in [2.05, 4.69) is 29.5 Å². The fourth-order valence-electron chi connectivity index (χ4n) is 0.591. The monoisotopic (exact) mass is 291 g/mol. The van der Waals surface area contributed by atoms with Gasteiger partial charge in [-0.1, -0.05) is 13.8 Å². The third-order valence-corrected chi connectivity index (χ3v) is 1.31. The molecule has 0 heterocycles. The number of esters is 2. The Morgan fingerprint density at radius 1 is 1.12 bits per heavy atom. The van der Waals surface area contributed by atoms with Crippen LogP contribution in [0.4, 0.5) is 0 Å². The molecule has 0 aliphatic carbocycles. The van der Waals surface area contributed by atoms with E-state index in [4.69, 9.17) is 13.3 Å². The van der Waals surface area contributed by atoms with Gasteiger partial charge in [0.25, 0.3) is 0 Å². The summed E-state index contributed by atoms with van der Waals surface area (Å²) in [6.45, 7) is 11.9. The molecule has 0 amide bonds. The first-order valence-corrected chi connectivity index (χ1v) is 5.55. The summed E-state index contributed by atoms with van der Waals surface area (Å²) in [6.07, 6.45) is 0.00490. The van der Waals surface area contributed by atoms with E-state index in [0.717, 1.165) is 0 Å². The maximum absolute atomic E-state index is 10.7. The van der Waals surface area contributed by atoms with Crippen molar-refractivity contribution in [2.75, 3.05) is 6.61 Å². The number of hydrogen-bond acceptors (Lipinski definition) is 5. The van der Waals surface area contributed by atoms with E-state index in [1.807, 2.05) is 0 Å². The van der Waals surface area contributed by atoms with E-state index in [1.165, 1.54) is 0 Å². The van der Waals surface area contributed by atoms with Gasteiger partial charge in [-0.05, 0) is 0 Å². The minimum atomic E-state index is -0.608. The predicted molar refractivity (Wildman–Crippen MR) is 58.5 cm³/mol. The van der Waals surface area contributed by atoms with Crippen molar-refractivity contribution in [3.05, 3.63) is 13.8 Å². The molecule has 6 heteroatoms. The van der Waals surface area contributed by atoms with Gasteiger partial charge in [-0.25, -0.2) is 0 Å². The molecule has 17 heavy (non-hydrogen) atoms. The normalized spacial score (nSPS) is 9.76. The predicted octanol–water partition coefficient (Wildman–Crippen LogP) is 1.81. The topological polar surface area (TPSA) is 69.7 Å². The number of carbonyl (C=O) groups excluding carboxylic acids is 2. The Bertz CT molecular complexity index is 196. The van der Waals surface area contributed by atoms with Crippen LogP contribution in [0.3, 0.4) is 0 Å². The van der Waals surface area contributed by atoms with Crippen molar-refractivity contribution in [1.29, 1.82) is 0 Å². The maximum atomic E-state index is 10.7. The summed E-state index contributed by atoms with van der Waals surface area (Å²) in [5, 5.41) is 0. The third kappa shape index (κ3) is 17.8. The van der Waals surface area contributed by atoms with E-state index >= 15 is 0 Å². The molecule has 0 aliphatic rings. The van der Waals surface area contributed by atoms with E-state index in [1.54, 1.807) is 20.8 Å². The molecule has 0 saturated carbocycles. The molecule has 0 aromatic heterocycles. The standard InChI is InChI=1S/C9H15O4.C2H5.Co.O/c1-4-8(10)12-6-7(3)13-9(11)5-2;1-2;;/h7H,3-6H2,1-2H3;1H2,2H3;;/q2*-1;;. The van der Waals surface area contributed by atoms with Crippen LogP contribution in [0.25, 0.3) is 0 Å².